The number of primary amides is 1. The number of hydrogen-bond acceptors (Lipinski definition) is 4. The quantitative estimate of drug-likeness (QED) is 0.822. The van der Waals surface area contributed by atoms with Gasteiger partial charge in [-0.15, -0.1) is 0 Å². The summed E-state index contributed by atoms with van der Waals surface area (Å²) in [6, 6.07) is 3.51. The van der Waals surface area contributed by atoms with E-state index in [1.165, 1.54) is 0 Å². The van der Waals surface area contributed by atoms with E-state index in [1.54, 1.807) is 19.4 Å². The van der Waals surface area contributed by atoms with Crippen LogP contribution in [0.3, 0.4) is 0 Å². The molecule has 150 valence electrons. The monoisotopic (exact) mass is 381 g/mol. The molecule has 3 unspecified atom stereocenters. The van der Waals surface area contributed by atoms with Gasteiger partial charge in [0, 0.05) is 44.7 Å². The maximum Gasteiger partial charge on any atom is 0.267 e. The van der Waals surface area contributed by atoms with E-state index in [0.29, 0.717) is 6.54 Å². The molecule has 0 spiro atoms. The van der Waals surface area contributed by atoms with Crippen LogP contribution in [0.2, 0.25) is 0 Å². The molecule has 5 nitrogen and oxygen atoms in total. The van der Waals surface area contributed by atoms with Crippen LogP contribution in [-0.4, -0.2) is 48.5 Å². The smallest absolute Gasteiger partial charge is 0.267 e. The molecule has 0 aromatic carbocycles. The summed E-state index contributed by atoms with van der Waals surface area (Å²) >= 11 is 0. The Balaban J connectivity index is 1.89. The van der Waals surface area contributed by atoms with Gasteiger partial charge in [-0.1, -0.05) is 13.3 Å². The van der Waals surface area contributed by atoms with E-state index < -0.39 is 17.4 Å². The van der Waals surface area contributed by atoms with Crippen molar-refractivity contribution < 1.29 is 18.3 Å². The molecule has 1 aromatic heterocycles. The maximum atomic E-state index is 13.3. The molecule has 0 radical (unpaired) electrons. The van der Waals surface area contributed by atoms with Crippen molar-refractivity contribution in [1.29, 1.82) is 0 Å². The predicted molar refractivity (Wildman–Crippen MR) is 98.5 cm³/mol. The third-order valence-corrected chi connectivity index (χ3v) is 6.53. The van der Waals surface area contributed by atoms with E-state index >= 15 is 0 Å². The Morgan fingerprint density at radius 2 is 2.11 bits per heavy atom. The molecule has 1 heterocycles. The third-order valence-electron chi connectivity index (χ3n) is 6.53. The van der Waals surface area contributed by atoms with Gasteiger partial charge in [-0.2, -0.15) is 0 Å². The summed E-state index contributed by atoms with van der Waals surface area (Å²) in [4.78, 5) is 17.7. The molecule has 2 aliphatic rings. The van der Waals surface area contributed by atoms with Gasteiger partial charge in [-0.05, 0) is 43.5 Å². The van der Waals surface area contributed by atoms with E-state index in [0.717, 1.165) is 24.8 Å². The van der Waals surface area contributed by atoms with Gasteiger partial charge in [0.2, 0.25) is 0 Å². The summed E-state index contributed by atoms with van der Waals surface area (Å²) in [5, 5.41) is 0. The van der Waals surface area contributed by atoms with Crippen molar-refractivity contribution in [3.63, 3.8) is 0 Å². The number of alkyl halides is 2. The molecule has 2 fully saturated rings. The molecule has 27 heavy (non-hydrogen) atoms. The van der Waals surface area contributed by atoms with Gasteiger partial charge < -0.3 is 15.4 Å². The first kappa shape index (κ1) is 20.1. The average molecular weight is 381 g/mol. The van der Waals surface area contributed by atoms with Crippen molar-refractivity contribution in [3.05, 3.63) is 29.6 Å². The Hall–Kier alpha value is -1.60. The molecule has 2 saturated carbocycles. The SMILES string of the molecule is COC1(c2ccnc(C(N)=O)c2)C(C)CCCC1CN(C)C1CC(F)(F)C1. The van der Waals surface area contributed by atoms with Crippen LogP contribution in [0.4, 0.5) is 8.78 Å². The molecule has 1 aromatic rings. The largest absolute Gasteiger partial charge is 0.373 e. The Bertz CT molecular complexity index is 692. The van der Waals surface area contributed by atoms with Gasteiger partial charge in [0.25, 0.3) is 11.8 Å². The number of methoxy groups -OCH3 is 1. The van der Waals surface area contributed by atoms with Crippen molar-refractivity contribution in [3.8, 4) is 0 Å². The van der Waals surface area contributed by atoms with Crippen LogP contribution in [0.5, 0.6) is 0 Å². The number of aromatic nitrogens is 1. The minimum Gasteiger partial charge on any atom is -0.373 e. The van der Waals surface area contributed by atoms with E-state index in [2.05, 4.69) is 11.9 Å². The Morgan fingerprint density at radius 1 is 1.41 bits per heavy atom. The van der Waals surface area contributed by atoms with Crippen LogP contribution in [0.15, 0.2) is 18.3 Å². The zero-order chi connectivity index (χ0) is 19.8. The van der Waals surface area contributed by atoms with Gasteiger partial charge in [0.15, 0.2) is 0 Å². The van der Waals surface area contributed by atoms with Crippen LogP contribution in [-0.2, 0) is 10.3 Å². The molecule has 7 heteroatoms. The minimum absolute atomic E-state index is 0.0766. The number of carbonyl (C=O) groups is 1. The zero-order valence-corrected chi connectivity index (χ0v) is 16.3. The summed E-state index contributed by atoms with van der Waals surface area (Å²) in [5.74, 6) is -2.75. The highest BCUT2D eigenvalue weighted by molar-refractivity contribution is 5.90. The number of carbonyl (C=O) groups excluding carboxylic acids is 1. The number of nitrogens with two attached hydrogens (primary N) is 1. The number of rotatable bonds is 6. The average Bonchev–Trinajstić information content (AvgIpc) is 2.60. The molecule has 3 rings (SSSR count). The summed E-state index contributed by atoms with van der Waals surface area (Å²) < 4.78 is 32.7. The lowest BCUT2D eigenvalue weighted by Crippen LogP contribution is -2.55. The standard InChI is InChI=1S/C20H29F2N3O2/c1-13-5-4-6-15(12-25(2)16-10-19(21,22)11-16)20(13,27-3)14-7-8-24-17(9-14)18(23)26/h7-9,13,15-16H,4-6,10-12H2,1-3H3,(H2,23,26). The Morgan fingerprint density at radius 3 is 2.70 bits per heavy atom. The van der Waals surface area contributed by atoms with Crippen molar-refractivity contribution in [2.24, 2.45) is 17.6 Å². The first-order valence-electron chi connectivity index (χ1n) is 9.59. The lowest BCUT2D eigenvalue weighted by atomic mass is 9.65. The number of hydrogen-bond donors (Lipinski definition) is 1. The van der Waals surface area contributed by atoms with Crippen molar-refractivity contribution >= 4 is 5.91 Å². The van der Waals surface area contributed by atoms with E-state index in [4.69, 9.17) is 10.5 Å². The third kappa shape index (κ3) is 3.72. The lowest BCUT2D eigenvalue weighted by Gasteiger charge is -2.51. The number of amides is 1. The molecule has 0 saturated heterocycles. The van der Waals surface area contributed by atoms with Gasteiger partial charge in [-0.3, -0.25) is 9.78 Å². The minimum atomic E-state index is -2.53. The normalized spacial score (nSPS) is 30.9. The fourth-order valence-corrected chi connectivity index (χ4v) is 4.98. The molecule has 0 bridgehead atoms. The topological polar surface area (TPSA) is 68.5 Å². The van der Waals surface area contributed by atoms with E-state index in [1.807, 2.05) is 18.0 Å². The van der Waals surface area contributed by atoms with Crippen molar-refractivity contribution in [1.82, 2.24) is 9.88 Å². The van der Waals surface area contributed by atoms with Crippen LogP contribution < -0.4 is 5.73 Å². The fourth-order valence-electron chi connectivity index (χ4n) is 4.98. The zero-order valence-electron chi connectivity index (χ0n) is 16.3. The number of ether oxygens (including phenoxy) is 1. The van der Waals surface area contributed by atoms with Gasteiger partial charge >= 0.3 is 0 Å². The van der Waals surface area contributed by atoms with Crippen LogP contribution in [0, 0.1) is 11.8 Å². The molecule has 2 aliphatic carbocycles. The van der Waals surface area contributed by atoms with E-state index in [-0.39, 0.29) is 36.4 Å². The van der Waals surface area contributed by atoms with Gasteiger partial charge in [0.05, 0.1) is 5.60 Å². The highest BCUT2D eigenvalue weighted by Crippen LogP contribution is 2.49. The number of pyridine rings is 1. The number of halogens is 2. The van der Waals surface area contributed by atoms with Crippen LogP contribution in [0.25, 0.3) is 0 Å². The number of nitrogens with zero attached hydrogens (tertiary/aromatic N) is 2. The molecular formula is C20H29F2N3O2. The second-order valence-electron chi connectivity index (χ2n) is 8.18. The molecule has 3 atom stereocenters. The second kappa shape index (κ2) is 7.43. The summed E-state index contributed by atoms with van der Waals surface area (Å²) in [6.45, 7) is 2.82. The Kier molecular flexibility index (Phi) is 5.54. The van der Waals surface area contributed by atoms with Gasteiger partial charge in [0.1, 0.15) is 5.69 Å². The predicted octanol–water partition coefficient (Wildman–Crippen LogP) is 3.19. The highest BCUT2D eigenvalue weighted by Gasteiger charge is 2.51. The first-order valence-corrected chi connectivity index (χ1v) is 9.59. The van der Waals surface area contributed by atoms with Crippen molar-refractivity contribution in [2.45, 2.75) is 56.6 Å². The second-order valence-corrected chi connectivity index (χ2v) is 8.18. The molecule has 2 N–H and O–H groups in total. The summed E-state index contributed by atoms with van der Waals surface area (Å²) in [5.41, 5.74) is 5.93. The fraction of sp³-hybridized carbons (Fsp3) is 0.700. The van der Waals surface area contributed by atoms with Crippen LogP contribution >= 0.6 is 0 Å². The summed E-state index contributed by atoms with van der Waals surface area (Å²) in [6.07, 6.45) is 4.45. The maximum absolute atomic E-state index is 13.3. The first-order chi connectivity index (χ1) is 12.7. The van der Waals surface area contributed by atoms with Gasteiger partial charge in [-0.25, -0.2) is 8.78 Å². The Labute approximate surface area is 159 Å². The lowest BCUT2D eigenvalue weighted by molar-refractivity contribution is -0.151. The van der Waals surface area contributed by atoms with Crippen LogP contribution in [0.1, 0.15) is 55.1 Å². The van der Waals surface area contributed by atoms with E-state index in [9.17, 15) is 13.6 Å². The summed E-state index contributed by atoms with van der Waals surface area (Å²) in [7, 11) is 3.61. The molecule has 0 aliphatic heterocycles. The highest BCUT2D eigenvalue weighted by atomic mass is 19.3. The molecular weight excluding hydrogens is 352 g/mol. The molecule has 1 amide bonds. The van der Waals surface area contributed by atoms with Crippen molar-refractivity contribution in [2.75, 3.05) is 20.7 Å².